The first-order chi connectivity index (χ1) is 9.72. The fourth-order valence-electron chi connectivity index (χ4n) is 1.51. The van der Waals surface area contributed by atoms with Gasteiger partial charge < -0.3 is 0 Å². The van der Waals surface area contributed by atoms with E-state index in [-0.39, 0.29) is 9.21 Å². The molecule has 0 atom stereocenters. The van der Waals surface area contributed by atoms with Crippen molar-refractivity contribution < 1.29 is 26.0 Å². The van der Waals surface area contributed by atoms with Gasteiger partial charge in [0, 0.05) is 16.0 Å². The molecule has 114 valence electrons. The summed E-state index contributed by atoms with van der Waals surface area (Å²) < 4.78 is 73.3. The topological polar surface area (TPSA) is 37.4 Å². The average Bonchev–Trinajstić information content (AvgIpc) is 2.41. The minimum Gasteiger partial charge on any atom is -0.263 e. The third-order valence-corrected chi connectivity index (χ3v) is 5.07. The molecular formula is C12H9F4NO2S2. The smallest absolute Gasteiger partial charge is 0.263 e. The highest BCUT2D eigenvalue weighted by molar-refractivity contribution is 8.03. The second kappa shape index (κ2) is 5.72. The van der Waals surface area contributed by atoms with Crippen LogP contribution >= 0.6 is 11.8 Å². The van der Waals surface area contributed by atoms with E-state index in [1.165, 1.54) is 0 Å². The Morgan fingerprint density at radius 3 is 2.29 bits per heavy atom. The number of alkyl halides is 3. The molecule has 1 heterocycles. The first-order valence-corrected chi connectivity index (χ1v) is 7.85. The summed E-state index contributed by atoms with van der Waals surface area (Å²) in [6.07, 6.45) is 1.73. The molecule has 0 unspecified atom stereocenters. The normalized spacial score (nSPS) is 16.5. The van der Waals surface area contributed by atoms with Gasteiger partial charge in [-0.1, -0.05) is 30.0 Å². The molecule has 2 rings (SSSR count). The number of hydrogen-bond acceptors (Lipinski definition) is 3. The van der Waals surface area contributed by atoms with Gasteiger partial charge in [-0.15, -0.1) is 0 Å². The fourth-order valence-corrected chi connectivity index (χ4v) is 3.13. The summed E-state index contributed by atoms with van der Waals surface area (Å²) >= 11 is 1.01. The fraction of sp³-hybridized carbons (Fsp3) is 0.167. The lowest BCUT2D eigenvalue weighted by molar-refractivity contribution is -0.0476. The van der Waals surface area contributed by atoms with E-state index >= 15 is 0 Å². The van der Waals surface area contributed by atoms with Crippen LogP contribution < -0.4 is 0 Å². The van der Waals surface area contributed by atoms with Crippen LogP contribution in [-0.2, 0) is 10.0 Å². The summed E-state index contributed by atoms with van der Waals surface area (Å²) in [6.45, 7) is -0.965. The largest absolute Gasteiger partial charge is 0.516 e. The Balaban J connectivity index is 2.18. The molecule has 0 aromatic heterocycles. The van der Waals surface area contributed by atoms with E-state index in [9.17, 15) is 26.0 Å². The highest BCUT2D eigenvalue weighted by Crippen LogP contribution is 2.35. The minimum absolute atomic E-state index is 0.0581. The number of nitrogens with zero attached hydrogens (tertiary/aromatic N) is 1. The third kappa shape index (κ3) is 3.41. The van der Waals surface area contributed by atoms with Crippen molar-refractivity contribution in [2.75, 3.05) is 6.54 Å². The third-order valence-electron chi connectivity index (χ3n) is 2.53. The van der Waals surface area contributed by atoms with Gasteiger partial charge in [0.05, 0.1) is 6.54 Å². The van der Waals surface area contributed by atoms with Crippen molar-refractivity contribution in [3.63, 3.8) is 0 Å². The van der Waals surface area contributed by atoms with Crippen LogP contribution in [0.2, 0.25) is 0 Å². The number of thioether (sulfide) groups is 1. The van der Waals surface area contributed by atoms with Crippen LogP contribution in [0.1, 0.15) is 0 Å². The van der Waals surface area contributed by atoms with Gasteiger partial charge in [-0.25, -0.2) is 4.39 Å². The van der Waals surface area contributed by atoms with E-state index in [1.54, 1.807) is 30.3 Å². The number of rotatable bonds is 3. The Kier molecular flexibility index (Phi) is 4.33. The molecule has 0 aliphatic carbocycles. The molecular weight excluding hydrogens is 330 g/mol. The van der Waals surface area contributed by atoms with Gasteiger partial charge >= 0.3 is 15.5 Å². The summed E-state index contributed by atoms with van der Waals surface area (Å²) in [6, 6.07) is 8.64. The monoisotopic (exact) mass is 339 g/mol. The van der Waals surface area contributed by atoms with Crippen LogP contribution in [0, 0.1) is 0 Å². The van der Waals surface area contributed by atoms with Gasteiger partial charge in [-0.05, 0) is 18.2 Å². The first kappa shape index (κ1) is 15.9. The lowest BCUT2D eigenvalue weighted by atomic mass is 10.4. The Labute approximate surface area is 123 Å². The summed E-state index contributed by atoms with van der Waals surface area (Å²) in [7, 11) is -5.57. The maximum absolute atomic E-state index is 13.8. The second-order valence-corrected chi connectivity index (χ2v) is 6.99. The Morgan fingerprint density at radius 1 is 1.14 bits per heavy atom. The molecule has 0 spiro atoms. The molecule has 3 nitrogen and oxygen atoms in total. The van der Waals surface area contributed by atoms with Crippen LogP contribution in [-0.4, -0.2) is 24.8 Å². The zero-order chi connectivity index (χ0) is 15.7. The van der Waals surface area contributed by atoms with Crippen molar-refractivity contribution in [3.8, 4) is 0 Å². The minimum atomic E-state index is -5.57. The van der Waals surface area contributed by atoms with E-state index in [0.29, 0.717) is 4.90 Å². The van der Waals surface area contributed by atoms with Crippen LogP contribution in [0.25, 0.3) is 0 Å². The molecule has 0 radical (unpaired) electrons. The second-order valence-electron chi connectivity index (χ2n) is 4.00. The number of halogens is 4. The Hall–Kier alpha value is -1.48. The number of benzene rings is 1. The molecule has 0 saturated heterocycles. The molecule has 0 N–H and O–H groups in total. The zero-order valence-corrected chi connectivity index (χ0v) is 12.0. The molecule has 9 heteroatoms. The zero-order valence-electron chi connectivity index (χ0n) is 10.3. The molecule has 0 amide bonds. The average molecular weight is 339 g/mol. The lowest BCUT2D eigenvalue weighted by Gasteiger charge is -2.24. The van der Waals surface area contributed by atoms with Gasteiger partial charge in [0.1, 0.15) is 5.83 Å². The van der Waals surface area contributed by atoms with Gasteiger partial charge in [0.2, 0.25) is 0 Å². The van der Waals surface area contributed by atoms with Crippen molar-refractivity contribution >= 4 is 21.8 Å². The predicted molar refractivity (Wildman–Crippen MR) is 71.3 cm³/mol. The molecule has 0 fully saturated rings. The molecule has 1 aromatic carbocycles. The molecule has 1 aliphatic rings. The summed E-state index contributed by atoms with van der Waals surface area (Å²) in [5, 5.41) is 0. The van der Waals surface area contributed by atoms with Gasteiger partial charge in [0.25, 0.3) is 0 Å². The number of sulfonamides is 1. The van der Waals surface area contributed by atoms with Gasteiger partial charge in [-0.3, -0.25) is 4.31 Å². The Morgan fingerprint density at radius 2 is 1.76 bits per heavy atom. The Bertz CT molecular complexity index is 681. The standard InChI is InChI=1S/C12H9F4NO2S2/c13-10-8-17(21(18,19)12(14,15)16)7-6-11(10)20-9-4-2-1-3-5-9/h1-7H,8H2. The van der Waals surface area contributed by atoms with Crippen molar-refractivity contribution in [3.05, 3.63) is 53.3 Å². The van der Waals surface area contributed by atoms with Crippen LogP contribution in [0.3, 0.4) is 0 Å². The highest BCUT2D eigenvalue weighted by Gasteiger charge is 2.49. The maximum atomic E-state index is 13.8. The maximum Gasteiger partial charge on any atom is 0.516 e. The molecule has 21 heavy (non-hydrogen) atoms. The summed E-state index contributed by atoms with van der Waals surface area (Å²) in [5.74, 6) is -0.931. The molecule has 0 saturated carbocycles. The highest BCUT2D eigenvalue weighted by atomic mass is 32.2. The van der Waals surface area contributed by atoms with Gasteiger partial charge in [-0.2, -0.15) is 21.6 Å². The molecule has 1 aliphatic heterocycles. The summed E-state index contributed by atoms with van der Waals surface area (Å²) in [4.78, 5) is 0.772. The summed E-state index contributed by atoms with van der Waals surface area (Å²) in [5.41, 5.74) is -5.46. The van der Waals surface area contributed by atoms with Crippen molar-refractivity contribution in [1.29, 1.82) is 0 Å². The predicted octanol–water partition coefficient (Wildman–Crippen LogP) is 3.64. The van der Waals surface area contributed by atoms with Crippen LogP contribution in [0.4, 0.5) is 17.6 Å². The van der Waals surface area contributed by atoms with Crippen LogP contribution in [0.15, 0.2) is 58.2 Å². The van der Waals surface area contributed by atoms with E-state index in [1.807, 2.05) is 0 Å². The SMILES string of the molecule is O=S(=O)(N1C=CC(Sc2ccccc2)=C(F)C1)C(F)(F)F. The number of hydrogen-bond donors (Lipinski definition) is 0. The molecule has 1 aromatic rings. The quantitative estimate of drug-likeness (QED) is 0.789. The van der Waals surface area contributed by atoms with Crippen LogP contribution in [0.5, 0.6) is 0 Å². The van der Waals surface area contributed by atoms with E-state index in [4.69, 9.17) is 0 Å². The van der Waals surface area contributed by atoms with Crippen molar-refractivity contribution in [2.24, 2.45) is 0 Å². The first-order valence-electron chi connectivity index (χ1n) is 5.59. The van der Waals surface area contributed by atoms with E-state index < -0.39 is 27.9 Å². The van der Waals surface area contributed by atoms with E-state index in [0.717, 1.165) is 24.0 Å². The van der Waals surface area contributed by atoms with Gasteiger partial charge in [0.15, 0.2) is 0 Å². The lowest BCUT2D eigenvalue weighted by Crippen LogP contribution is -2.39. The van der Waals surface area contributed by atoms with E-state index in [2.05, 4.69) is 0 Å². The van der Waals surface area contributed by atoms with Crippen molar-refractivity contribution in [2.45, 2.75) is 10.4 Å². The molecule has 0 bridgehead atoms. The number of allylic oxidation sites excluding steroid dienone is 1. The van der Waals surface area contributed by atoms with Crippen molar-refractivity contribution in [1.82, 2.24) is 4.31 Å².